The third kappa shape index (κ3) is 5.01. The van der Waals surface area contributed by atoms with E-state index in [2.05, 4.69) is 12.1 Å². The van der Waals surface area contributed by atoms with Gasteiger partial charge in [-0.05, 0) is 84.2 Å². The highest BCUT2D eigenvalue weighted by molar-refractivity contribution is 7.80. The number of benzene rings is 1. The average Bonchev–Trinajstić information content (AvgIpc) is 3.10. The Kier molecular flexibility index (Phi) is 6.98. The van der Waals surface area contributed by atoms with Gasteiger partial charge in [0.15, 0.2) is 5.78 Å². The van der Waals surface area contributed by atoms with E-state index in [1.807, 2.05) is 12.1 Å². The van der Waals surface area contributed by atoms with Crippen LogP contribution in [0.5, 0.6) is 5.75 Å². The molecule has 0 saturated carbocycles. The van der Waals surface area contributed by atoms with Gasteiger partial charge >= 0.3 is 0 Å². The molecule has 140 valence electrons. The van der Waals surface area contributed by atoms with Gasteiger partial charge < -0.3 is 9.47 Å². The number of thiocarbonyl (C=S) groups is 1. The summed E-state index contributed by atoms with van der Waals surface area (Å²) in [6, 6.07) is 6.33. The molecule has 1 aliphatic heterocycles. The van der Waals surface area contributed by atoms with E-state index < -0.39 is 0 Å². The summed E-state index contributed by atoms with van der Waals surface area (Å²) in [4.78, 5) is 13.5. The first-order chi connectivity index (χ1) is 12.7. The van der Waals surface area contributed by atoms with E-state index in [-0.39, 0.29) is 5.78 Å². The zero-order valence-corrected chi connectivity index (χ0v) is 16.4. The third-order valence-electron chi connectivity index (χ3n) is 5.36. The van der Waals surface area contributed by atoms with Crippen molar-refractivity contribution < 1.29 is 14.3 Å². The van der Waals surface area contributed by atoms with E-state index in [0.717, 1.165) is 79.9 Å². The smallest absolute Gasteiger partial charge is 0.155 e. The lowest BCUT2D eigenvalue weighted by Crippen LogP contribution is -2.15. The molecule has 0 aromatic heterocycles. The summed E-state index contributed by atoms with van der Waals surface area (Å²) in [5.41, 5.74) is 3.55. The molecule has 1 aromatic carbocycles. The fourth-order valence-electron chi connectivity index (χ4n) is 3.86. The van der Waals surface area contributed by atoms with Gasteiger partial charge in [0.05, 0.1) is 6.61 Å². The first-order valence-electron chi connectivity index (χ1n) is 9.68. The molecule has 2 aliphatic rings. The van der Waals surface area contributed by atoms with Crippen molar-refractivity contribution in [2.24, 2.45) is 5.92 Å². The number of hydrogen-bond donors (Lipinski definition) is 0. The van der Waals surface area contributed by atoms with E-state index >= 15 is 0 Å². The molecule has 3 rings (SSSR count). The highest BCUT2D eigenvalue weighted by atomic mass is 32.1. The molecular weight excluding hydrogens is 344 g/mol. The van der Waals surface area contributed by atoms with Gasteiger partial charge in [-0.3, -0.25) is 4.79 Å². The maximum atomic E-state index is 12.4. The normalized spacial score (nSPS) is 21.1. The number of allylic oxidation sites excluding steroid dienone is 2. The van der Waals surface area contributed by atoms with E-state index in [1.165, 1.54) is 5.56 Å². The first kappa shape index (κ1) is 19.2. The standard InChI is InChI=1S/C22H28O3S/c1-24-12-3-4-16-7-8-18(15-20(23)5-2-6-22(16)26)17-9-10-21-19(14-17)11-13-25-21/h9-10,14-16H,2-8,11-13H2,1H3. The predicted molar refractivity (Wildman–Crippen MR) is 109 cm³/mol. The third-order valence-corrected chi connectivity index (χ3v) is 5.90. The van der Waals surface area contributed by atoms with E-state index in [0.29, 0.717) is 12.3 Å². The highest BCUT2D eigenvalue weighted by Gasteiger charge is 2.19. The van der Waals surface area contributed by atoms with Crippen LogP contribution in [0.25, 0.3) is 5.57 Å². The molecule has 26 heavy (non-hydrogen) atoms. The number of carbonyl (C=O) groups is 1. The second-order valence-electron chi connectivity index (χ2n) is 7.25. The second-order valence-corrected chi connectivity index (χ2v) is 7.77. The van der Waals surface area contributed by atoms with Crippen molar-refractivity contribution in [1.82, 2.24) is 0 Å². The summed E-state index contributed by atoms with van der Waals surface area (Å²) in [5, 5.41) is 0. The molecular formula is C22H28O3S. The molecule has 1 unspecified atom stereocenters. The molecule has 0 amide bonds. The van der Waals surface area contributed by atoms with Crippen LogP contribution < -0.4 is 4.74 Å². The Balaban J connectivity index is 1.78. The Morgan fingerprint density at radius 3 is 2.96 bits per heavy atom. The van der Waals surface area contributed by atoms with E-state index in [4.69, 9.17) is 21.7 Å². The van der Waals surface area contributed by atoms with Gasteiger partial charge in [-0.2, -0.15) is 0 Å². The average molecular weight is 373 g/mol. The van der Waals surface area contributed by atoms with Crippen molar-refractivity contribution >= 4 is 28.4 Å². The maximum Gasteiger partial charge on any atom is 0.155 e. The molecule has 0 spiro atoms. The van der Waals surface area contributed by atoms with Gasteiger partial charge in [0, 0.05) is 26.6 Å². The molecule has 1 aliphatic carbocycles. The van der Waals surface area contributed by atoms with Crippen LogP contribution in [0.1, 0.15) is 56.1 Å². The molecule has 4 heteroatoms. The first-order valence-corrected chi connectivity index (χ1v) is 10.1. The lowest BCUT2D eigenvalue weighted by atomic mass is 9.86. The van der Waals surface area contributed by atoms with Crippen LogP contribution in [0.3, 0.4) is 0 Å². The number of ether oxygens (including phenoxy) is 2. The molecule has 1 heterocycles. The van der Waals surface area contributed by atoms with Crippen LogP contribution in [0.15, 0.2) is 24.3 Å². The highest BCUT2D eigenvalue weighted by Crippen LogP contribution is 2.32. The number of methoxy groups -OCH3 is 1. The second kappa shape index (κ2) is 9.43. The lowest BCUT2D eigenvalue weighted by Gasteiger charge is -2.20. The van der Waals surface area contributed by atoms with Gasteiger partial charge in [-0.15, -0.1) is 0 Å². The van der Waals surface area contributed by atoms with Crippen molar-refractivity contribution in [2.45, 2.75) is 51.4 Å². The molecule has 0 N–H and O–H groups in total. The molecule has 0 radical (unpaired) electrons. The Bertz CT molecular complexity index is 693. The Hall–Kier alpha value is -1.52. The Morgan fingerprint density at radius 2 is 2.12 bits per heavy atom. The van der Waals surface area contributed by atoms with Crippen molar-refractivity contribution in [3.63, 3.8) is 0 Å². The minimum Gasteiger partial charge on any atom is -0.493 e. The molecule has 1 aromatic rings. The topological polar surface area (TPSA) is 35.5 Å². The van der Waals surface area contributed by atoms with Gasteiger partial charge in [-0.1, -0.05) is 18.3 Å². The van der Waals surface area contributed by atoms with Crippen LogP contribution in [-0.4, -0.2) is 31.0 Å². The molecule has 0 fully saturated rings. The van der Waals surface area contributed by atoms with Crippen LogP contribution in [0.4, 0.5) is 0 Å². The quantitative estimate of drug-likeness (QED) is 0.541. The van der Waals surface area contributed by atoms with Crippen LogP contribution in [-0.2, 0) is 16.0 Å². The number of hydrogen-bond acceptors (Lipinski definition) is 4. The Morgan fingerprint density at radius 1 is 1.23 bits per heavy atom. The van der Waals surface area contributed by atoms with Crippen LogP contribution in [0.2, 0.25) is 0 Å². The number of ketones is 1. The molecule has 1 atom stereocenters. The summed E-state index contributed by atoms with van der Waals surface area (Å²) in [7, 11) is 1.75. The summed E-state index contributed by atoms with van der Waals surface area (Å²) < 4.78 is 10.8. The summed E-state index contributed by atoms with van der Waals surface area (Å²) in [6.45, 7) is 1.54. The van der Waals surface area contributed by atoms with E-state index in [9.17, 15) is 4.79 Å². The van der Waals surface area contributed by atoms with Gasteiger partial charge in [0.25, 0.3) is 0 Å². The van der Waals surface area contributed by atoms with Gasteiger partial charge in [0.1, 0.15) is 5.75 Å². The molecule has 3 nitrogen and oxygen atoms in total. The molecule has 0 saturated heterocycles. The van der Waals surface area contributed by atoms with Gasteiger partial charge in [-0.25, -0.2) is 0 Å². The van der Waals surface area contributed by atoms with Crippen LogP contribution >= 0.6 is 12.2 Å². The van der Waals surface area contributed by atoms with Crippen molar-refractivity contribution in [2.75, 3.05) is 20.3 Å². The summed E-state index contributed by atoms with van der Waals surface area (Å²) >= 11 is 5.70. The summed E-state index contributed by atoms with van der Waals surface area (Å²) in [5.74, 6) is 1.64. The van der Waals surface area contributed by atoms with Gasteiger partial charge in [0.2, 0.25) is 0 Å². The van der Waals surface area contributed by atoms with Crippen molar-refractivity contribution in [1.29, 1.82) is 0 Å². The van der Waals surface area contributed by atoms with Crippen molar-refractivity contribution in [3.8, 4) is 5.75 Å². The fraction of sp³-hybridized carbons (Fsp3) is 0.545. The minimum atomic E-state index is 0.220. The fourth-order valence-corrected chi connectivity index (χ4v) is 4.24. The number of fused-ring (bicyclic) bond motifs is 1. The van der Waals surface area contributed by atoms with Crippen molar-refractivity contribution in [3.05, 3.63) is 35.4 Å². The summed E-state index contributed by atoms with van der Waals surface area (Å²) in [6.07, 6.45) is 9.17. The molecule has 0 bridgehead atoms. The monoisotopic (exact) mass is 372 g/mol. The van der Waals surface area contributed by atoms with Crippen LogP contribution in [0, 0.1) is 5.92 Å². The van der Waals surface area contributed by atoms with E-state index in [1.54, 1.807) is 7.11 Å². The minimum absolute atomic E-state index is 0.220. The zero-order chi connectivity index (χ0) is 18.4. The maximum absolute atomic E-state index is 12.4. The predicted octanol–water partition coefficient (Wildman–Crippen LogP) is 4.95. The Labute approximate surface area is 161 Å². The number of rotatable bonds is 5. The SMILES string of the molecule is COCCCC1CCC(c2ccc3c(c2)CCO3)=CC(=O)CCCC1=S. The number of carbonyl (C=O) groups excluding carboxylic acids is 1. The lowest BCUT2D eigenvalue weighted by molar-refractivity contribution is -0.114. The largest absolute Gasteiger partial charge is 0.493 e. The zero-order valence-electron chi connectivity index (χ0n) is 15.6.